The van der Waals surface area contributed by atoms with Gasteiger partial charge in [0.05, 0.1) is 4.70 Å². The summed E-state index contributed by atoms with van der Waals surface area (Å²) in [4.78, 5) is 0. The Balaban J connectivity index is 2.83. The van der Waals surface area contributed by atoms with Gasteiger partial charge in [-0.05, 0) is 13.0 Å². The number of hydrogen-bond donors (Lipinski definition) is 1. The van der Waals surface area contributed by atoms with Gasteiger partial charge in [-0.2, -0.15) is 0 Å². The lowest BCUT2D eigenvalue weighted by Gasteiger charge is -1.95. The summed E-state index contributed by atoms with van der Waals surface area (Å²) >= 11 is 1.35. The van der Waals surface area contributed by atoms with Gasteiger partial charge in [0, 0.05) is 22.0 Å². The predicted octanol–water partition coefficient (Wildman–Crippen LogP) is 3.43. The van der Waals surface area contributed by atoms with Crippen LogP contribution in [0.4, 0.5) is 4.39 Å². The van der Waals surface area contributed by atoms with Crippen LogP contribution in [0.5, 0.6) is 0 Å². The summed E-state index contributed by atoms with van der Waals surface area (Å²) in [7, 11) is 0. The fourth-order valence-electron chi connectivity index (χ4n) is 1.31. The van der Waals surface area contributed by atoms with Gasteiger partial charge in [-0.3, -0.25) is 0 Å². The number of hydrogen-bond acceptors (Lipinski definition) is 2. The predicted molar refractivity (Wildman–Crippen MR) is 54.3 cm³/mol. The van der Waals surface area contributed by atoms with Crippen LogP contribution < -0.4 is 0 Å². The van der Waals surface area contributed by atoms with Gasteiger partial charge < -0.3 is 5.41 Å². The first-order valence-electron chi connectivity index (χ1n) is 3.91. The molecule has 0 bridgehead atoms. The third-order valence-electron chi connectivity index (χ3n) is 1.96. The molecular formula is C10H8FNS. The van der Waals surface area contributed by atoms with E-state index in [1.165, 1.54) is 17.4 Å². The average Bonchev–Trinajstić information content (AvgIpc) is 2.48. The van der Waals surface area contributed by atoms with Gasteiger partial charge >= 0.3 is 0 Å². The lowest BCUT2D eigenvalue weighted by Crippen LogP contribution is -1.88. The van der Waals surface area contributed by atoms with Crippen LogP contribution in [-0.2, 0) is 0 Å². The van der Waals surface area contributed by atoms with E-state index >= 15 is 0 Å². The van der Waals surface area contributed by atoms with Crippen molar-refractivity contribution in [1.82, 2.24) is 0 Å². The van der Waals surface area contributed by atoms with Crippen molar-refractivity contribution < 1.29 is 4.39 Å². The summed E-state index contributed by atoms with van der Waals surface area (Å²) in [5.41, 5.74) is 1.32. The molecule has 0 radical (unpaired) electrons. The molecule has 13 heavy (non-hydrogen) atoms. The van der Waals surface area contributed by atoms with E-state index in [1.807, 2.05) is 11.4 Å². The number of benzene rings is 1. The SMILES string of the molecule is CC(=N)c1csc2c(F)cccc12. The molecule has 0 aliphatic carbocycles. The van der Waals surface area contributed by atoms with Gasteiger partial charge in [-0.1, -0.05) is 12.1 Å². The van der Waals surface area contributed by atoms with E-state index in [-0.39, 0.29) is 5.82 Å². The van der Waals surface area contributed by atoms with Crippen LogP contribution in [0.1, 0.15) is 12.5 Å². The van der Waals surface area contributed by atoms with Crippen LogP contribution >= 0.6 is 11.3 Å². The topological polar surface area (TPSA) is 23.9 Å². The Bertz CT molecular complexity index is 473. The second kappa shape index (κ2) is 2.92. The van der Waals surface area contributed by atoms with E-state index in [1.54, 1.807) is 13.0 Å². The highest BCUT2D eigenvalue weighted by molar-refractivity contribution is 7.17. The first-order chi connectivity index (χ1) is 6.20. The van der Waals surface area contributed by atoms with Crippen LogP contribution in [0.25, 0.3) is 10.1 Å². The molecular weight excluding hydrogens is 185 g/mol. The maximum absolute atomic E-state index is 13.2. The normalized spacial score (nSPS) is 10.6. The summed E-state index contributed by atoms with van der Waals surface area (Å²) in [5, 5.41) is 10.2. The average molecular weight is 193 g/mol. The number of halogens is 1. The lowest BCUT2D eigenvalue weighted by molar-refractivity contribution is 0.642. The molecule has 0 aliphatic heterocycles. The molecule has 2 aromatic rings. The van der Waals surface area contributed by atoms with E-state index in [0.29, 0.717) is 10.4 Å². The van der Waals surface area contributed by atoms with Gasteiger partial charge in [0.1, 0.15) is 5.82 Å². The Morgan fingerprint density at radius 2 is 2.23 bits per heavy atom. The quantitative estimate of drug-likeness (QED) is 0.671. The number of nitrogens with one attached hydrogen (secondary N) is 1. The first kappa shape index (κ1) is 8.38. The molecule has 0 spiro atoms. The minimum atomic E-state index is -0.199. The third-order valence-corrected chi connectivity index (χ3v) is 2.96. The molecule has 1 aromatic carbocycles. The summed E-state index contributed by atoms with van der Waals surface area (Å²) in [6.07, 6.45) is 0. The molecule has 3 heteroatoms. The maximum atomic E-state index is 13.2. The summed E-state index contributed by atoms with van der Waals surface area (Å²) in [5.74, 6) is -0.199. The minimum Gasteiger partial charge on any atom is -0.305 e. The highest BCUT2D eigenvalue weighted by atomic mass is 32.1. The molecule has 1 aromatic heterocycles. The Morgan fingerprint density at radius 3 is 2.92 bits per heavy atom. The van der Waals surface area contributed by atoms with Gasteiger partial charge in [0.2, 0.25) is 0 Å². The zero-order chi connectivity index (χ0) is 9.42. The molecule has 1 nitrogen and oxygen atoms in total. The Kier molecular flexibility index (Phi) is 1.88. The van der Waals surface area contributed by atoms with Crippen molar-refractivity contribution >= 4 is 27.1 Å². The largest absolute Gasteiger partial charge is 0.305 e. The summed E-state index contributed by atoms with van der Waals surface area (Å²) in [6.45, 7) is 1.71. The second-order valence-electron chi connectivity index (χ2n) is 2.89. The Labute approximate surface area is 79.3 Å². The van der Waals surface area contributed by atoms with Crippen LogP contribution in [0.3, 0.4) is 0 Å². The molecule has 1 N–H and O–H groups in total. The van der Waals surface area contributed by atoms with Gasteiger partial charge in [-0.25, -0.2) is 4.39 Å². The number of thiophene rings is 1. The number of fused-ring (bicyclic) bond motifs is 1. The van der Waals surface area contributed by atoms with Crippen molar-refractivity contribution in [2.24, 2.45) is 0 Å². The van der Waals surface area contributed by atoms with Gasteiger partial charge in [0.15, 0.2) is 0 Å². The molecule has 1 heterocycles. The molecule has 0 atom stereocenters. The fourth-order valence-corrected chi connectivity index (χ4v) is 2.34. The first-order valence-corrected chi connectivity index (χ1v) is 4.79. The summed E-state index contributed by atoms with van der Waals surface area (Å²) < 4.78 is 13.8. The smallest absolute Gasteiger partial charge is 0.141 e. The lowest BCUT2D eigenvalue weighted by atomic mass is 10.1. The molecule has 0 amide bonds. The van der Waals surface area contributed by atoms with E-state index in [9.17, 15) is 4.39 Å². The van der Waals surface area contributed by atoms with E-state index in [2.05, 4.69) is 0 Å². The van der Waals surface area contributed by atoms with E-state index < -0.39 is 0 Å². The van der Waals surface area contributed by atoms with Crippen molar-refractivity contribution in [1.29, 1.82) is 5.41 Å². The molecule has 0 saturated heterocycles. The molecule has 0 fully saturated rings. The molecule has 0 aliphatic rings. The maximum Gasteiger partial charge on any atom is 0.141 e. The number of rotatable bonds is 1. The summed E-state index contributed by atoms with van der Waals surface area (Å²) in [6, 6.07) is 4.97. The standard InChI is InChI=1S/C10H8FNS/c1-6(12)8-5-13-10-7(8)3-2-4-9(10)11/h2-5,12H,1H3. The van der Waals surface area contributed by atoms with Crippen LogP contribution in [0, 0.1) is 11.2 Å². The van der Waals surface area contributed by atoms with Crippen LogP contribution in [-0.4, -0.2) is 5.71 Å². The highest BCUT2D eigenvalue weighted by Crippen LogP contribution is 2.28. The Hall–Kier alpha value is -1.22. The van der Waals surface area contributed by atoms with Crippen molar-refractivity contribution in [2.45, 2.75) is 6.92 Å². The zero-order valence-electron chi connectivity index (χ0n) is 7.10. The fraction of sp³-hybridized carbons (Fsp3) is 0.100. The van der Waals surface area contributed by atoms with Gasteiger partial charge in [0.25, 0.3) is 0 Å². The van der Waals surface area contributed by atoms with Crippen molar-refractivity contribution in [2.75, 3.05) is 0 Å². The van der Waals surface area contributed by atoms with Crippen LogP contribution in [0.15, 0.2) is 23.6 Å². The molecule has 0 saturated carbocycles. The third kappa shape index (κ3) is 1.25. The van der Waals surface area contributed by atoms with E-state index in [0.717, 1.165) is 10.9 Å². The van der Waals surface area contributed by atoms with E-state index in [4.69, 9.17) is 5.41 Å². The van der Waals surface area contributed by atoms with Crippen molar-refractivity contribution in [3.63, 3.8) is 0 Å². The highest BCUT2D eigenvalue weighted by Gasteiger charge is 2.08. The molecule has 2 rings (SSSR count). The second-order valence-corrected chi connectivity index (χ2v) is 3.77. The zero-order valence-corrected chi connectivity index (χ0v) is 7.91. The van der Waals surface area contributed by atoms with Crippen molar-refractivity contribution in [3.8, 4) is 0 Å². The van der Waals surface area contributed by atoms with Gasteiger partial charge in [-0.15, -0.1) is 11.3 Å². The molecule has 66 valence electrons. The van der Waals surface area contributed by atoms with Crippen molar-refractivity contribution in [3.05, 3.63) is 35.0 Å². The Morgan fingerprint density at radius 1 is 1.46 bits per heavy atom. The minimum absolute atomic E-state index is 0.199. The van der Waals surface area contributed by atoms with Crippen LogP contribution in [0.2, 0.25) is 0 Å². The monoisotopic (exact) mass is 193 g/mol. The molecule has 0 unspecified atom stereocenters.